The first-order valence-electron chi connectivity index (χ1n) is 10.4. The summed E-state index contributed by atoms with van der Waals surface area (Å²) in [5, 5.41) is 2.81. The molecule has 1 saturated carbocycles. The van der Waals surface area contributed by atoms with Crippen LogP contribution in [0.2, 0.25) is 0 Å². The molecule has 1 N–H and O–H groups in total. The van der Waals surface area contributed by atoms with Crippen LogP contribution in [0, 0.1) is 5.92 Å². The molecular weight excluding hydrogens is 362 g/mol. The van der Waals surface area contributed by atoms with E-state index in [-0.39, 0.29) is 36.4 Å². The first-order valence-corrected chi connectivity index (χ1v) is 10.4. The van der Waals surface area contributed by atoms with Crippen LogP contribution in [-0.4, -0.2) is 64.4 Å². The molecule has 0 aromatic carbocycles. The number of likely N-dealkylation sites (tertiary alicyclic amines) is 1. The summed E-state index contributed by atoms with van der Waals surface area (Å²) < 4.78 is 5.11. The van der Waals surface area contributed by atoms with Crippen LogP contribution in [0.15, 0.2) is 0 Å². The molecular formula is C20H31N3O5. The Morgan fingerprint density at radius 3 is 2.39 bits per heavy atom. The number of rotatable bonds is 4. The number of hydrogen-bond acceptors (Lipinski definition) is 5. The Morgan fingerprint density at radius 1 is 1.07 bits per heavy atom. The van der Waals surface area contributed by atoms with Crippen molar-refractivity contribution in [2.24, 2.45) is 5.92 Å². The molecule has 8 nitrogen and oxygen atoms in total. The van der Waals surface area contributed by atoms with Crippen molar-refractivity contribution >= 4 is 23.8 Å². The SMILES string of the molecule is C[C@@H]1CCC[C@H](C)N1C(=O)COC(=O)CN1C(=O)N[C@]2(CCCC[C@H]2C)C1=O. The molecule has 3 fully saturated rings. The van der Waals surface area contributed by atoms with Gasteiger partial charge in [0, 0.05) is 12.1 Å². The Hall–Kier alpha value is -2.12. The van der Waals surface area contributed by atoms with E-state index >= 15 is 0 Å². The summed E-state index contributed by atoms with van der Waals surface area (Å²) in [6.07, 6.45) is 6.31. The number of ether oxygens (including phenoxy) is 1. The number of nitrogens with one attached hydrogen (secondary N) is 1. The highest BCUT2D eigenvalue weighted by atomic mass is 16.5. The number of piperidine rings is 1. The van der Waals surface area contributed by atoms with Gasteiger partial charge in [0.15, 0.2) is 6.61 Å². The standard InChI is InChI=1S/C20H31N3O5/c1-13-7-4-5-10-20(13)18(26)22(19(27)21-20)11-17(25)28-12-16(24)23-14(2)8-6-9-15(23)3/h13-15H,4-12H2,1-3H3,(H,21,27)/t13-,14-,15+,20+/m1/s1. The minimum atomic E-state index is -0.899. The molecule has 1 aliphatic carbocycles. The van der Waals surface area contributed by atoms with E-state index in [1.165, 1.54) is 0 Å². The van der Waals surface area contributed by atoms with Crippen molar-refractivity contribution in [1.29, 1.82) is 0 Å². The first-order chi connectivity index (χ1) is 13.3. The molecule has 2 heterocycles. The van der Waals surface area contributed by atoms with Gasteiger partial charge in [-0.2, -0.15) is 0 Å². The highest BCUT2D eigenvalue weighted by Crippen LogP contribution is 2.38. The van der Waals surface area contributed by atoms with Crippen LogP contribution in [0.5, 0.6) is 0 Å². The largest absolute Gasteiger partial charge is 0.454 e. The highest BCUT2D eigenvalue weighted by molar-refractivity contribution is 6.09. The average molecular weight is 393 g/mol. The molecule has 2 aliphatic heterocycles. The van der Waals surface area contributed by atoms with Crippen molar-refractivity contribution in [1.82, 2.24) is 15.1 Å². The second kappa shape index (κ2) is 8.09. The van der Waals surface area contributed by atoms with Gasteiger partial charge in [-0.15, -0.1) is 0 Å². The lowest BCUT2D eigenvalue weighted by molar-refractivity contribution is -0.156. The fraction of sp³-hybridized carbons (Fsp3) is 0.800. The van der Waals surface area contributed by atoms with E-state index in [2.05, 4.69) is 5.32 Å². The summed E-state index contributed by atoms with van der Waals surface area (Å²) in [7, 11) is 0. The molecule has 3 rings (SSSR count). The van der Waals surface area contributed by atoms with Crippen LogP contribution in [-0.2, 0) is 19.1 Å². The van der Waals surface area contributed by atoms with E-state index < -0.39 is 24.1 Å². The third-order valence-corrected chi connectivity index (χ3v) is 6.63. The molecule has 2 saturated heterocycles. The smallest absolute Gasteiger partial charge is 0.326 e. The molecule has 0 aromatic heterocycles. The quantitative estimate of drug-likeness (QED) is 0.581. The molecule has 156 valence electrons. The monoisotopic (exact) mass is 393 g/mol. The number of imide groups is 1. The van der Waals surface area contributed by atoms with E-state index in [0.717, 1.165) is 43.4 Å². The lowest BCUT2D eigenvalue weighted by atomic mass is 9.73. The van der Waals surface area contributed by atoms with E-state index in [1.807, 2.05) is 20.8 Å². The predicted molar refractivity (Wildman–Crippen MR) is 101 cm³/mol. The Morgan fingerprint density at radius 2 is 1.75 bits per heavy atom. The minimum absolute atomic E-state index is 0.0300. The average Bonchev–Trinajstić information content (AvgIpc) is 2.87. The zero-order valence-electron chi connectivity index (χ0n) is 17.0. The van der Waals surface area contributed by atoms with Crippen LogP contribution in [0.25, 0.3) is 0 Å². The van der Waals surface area contributed by atoms with E-state index in [0.29, 0.717) is 6.42 Å². The van der Waals surface area contributed by atoms with Crippen molar-refractivity contribution in [3.8, 4) is 0 Å². The Labute approximate surface area is 165 Å². The van der Waals surface area contributed by atoms with Crippen LogP contribution in [0.1, 0.15) is 65.7 Å². The van der Waals surface area contributed by atoms with Crippen molar-refractivity contribution in [2.75, 3.05) is 13.2 Å². The zero-order valence-corrected chi connectivity index (χ0v) is 17.0. The van der Waals surface area contributed by atoms with Crippen molar-refractivity contribution in [3.63, 3.8) is 0 Å². The molecule has 0 bridgehead atoms. The Bertz CT molecular complexity index is 656. The number of carbonyl (C=O) groups excluding carboxylic acids is 4. The summed E-state index contributed by atoms with van der Waals surface area (Å²) in [6.45, 7) is 5.12. The summed E-state index contributed by atoms with van der Waals surface area (Å²) in [4.78, 5) is 52.6. The molecule has 4 amide bonds. The van der Waals surface area contributed by atoms with Gasteiger partial charge in [0.2, 0.25) is 0 Å². The molecule has 8 heteroatoms. The lowest BCUT2D eigenvalue weighted by Crippen LogP contribution is -2.54. The maximum absolute atomic E-state index is 12.9. The Balaban J connectivity index is 1.55. The second-order valence-electron chi connectivity index (χ2n) is 8.53. The summed E-state index contributed by atoms with van der Waals surface area (Å²) in [5.74, 6) is -1.30. The molecule has 28 heavy (non-hydrogen) atoms. The number of urea groups is 1. The maximum atomic E-state index is 12.9. The van der Waals surface area contributed by atoms with Gasteiger partial charge < -0.3 is 15.0 Å². The maximum Gasteiger partial charge on any atom is 0.326 e. The summed E-state index contributed by atoms with van der Waals surface area (Å²) in [5.41, 5.74) is -0.899. The number of esters is 1. The Kier molecular flexibility index (Phi) is 5.95. The van der Waals surface area contributed by atoms with Gasteiger partial charge in [-0.05, 0) is 51.9 Å². The molecule has 4 atom stereocenters. The fourth-order valence-corrected chi connectivity index (χ4v) is 4.94. The van der Waals surface area contributed by atoms with Crippen molar-refractivity contribution in [2.45, 2.75) is 83.3 Å². The van der Waals surface area contributed by atoms with Gasteiger partial charge in [0.1, 0.15) is 12.1 Å². The van der Waals surface area contributed by atoms with Crippen LogP contribution >= 0.6 is 0 Å². The van der Waals surface area contributed by atoms with Crippen LogP contribution in [0.3, 0.4) is 0 Å². The minimum Gasteiger partial charge on any atom is -0.454 e. The highest BCUT2D eigenvalue weighted by Gasteiger charge is 2.55. The normalized spacial score (nSPS) is 33.2. The van der Waals surface area contributed by atoms with Crippen molar-refractivity contribution < 1.29 is 23.9 Å². The molecule has 0 unspecified atom stereocenters. The van der Waals surface area contributed by atoms with Gasteiger partial charge in [-0.1, -0.05) is 19.8 Å². The van der Waals surface area contributed by atoms with Gasteiger partial charge in [0.05, 0.1) is 0 Å². The predicted octanol–water partition coefficient (Wildman–Crippen LogP) is 1.82. The van der Waals surface area contributed by atoms with E-state index in [4.69, 9.17) is 4.74 Å². The summed E-state index contributed by atoms with van der Waals surface area (Å²) in [6, 6.07) is -0.317. The van der Waals surface area contributed by atoms with Crippen LogP contribution < -0.4 is 5.32 Å². The second-order valence-corrected chi connectivity index (χ2v) is 8.53. The molecule has 0 radical (unpaired) electrons. The van der Waals surface area contributed by atoms with Crippen LogP contribution in [0.4, 0.5) is 4.79 Å². The molecule has 3 aliphatic rings. The third kappa shape index (κ3) is 3.73. The van der Waals surface area contributed by atoms with Gasteiger partial charge in [0.25, 0.3) is 11.8 Å². The number of nitrogens with zero attached hydrogens (tertiary/aromatic N) is 2. The third-order valence-electron chi connectivity index (χ3n) is 6.63. The van der Waals surface area contributed by atoms with Crippen molar-refractivity contribution in [3.05, 3.63) is 0 Å². The number of hydrogen-bond donors (Lipinski definition) is 1. The van der Waals surface area contributed by atoms with Gasteiger partial charge in [-0.3, -0.25) is 19.3 Å². The number of carbonyl (C=O) groups is 4. The summed E-state index contributed by atoms with van der Waals surface area (Å²) >= 11 is 0. The zero-order chi connectivity index (χ0) is 20.5. The molecule has 0 aromatic rings. The number of amides is 4. The van der Waals surface area contributed by atoms with Gasteiger partial charge in [-0.25, -0.2) is 4.79 Å². The lowest BCUT2D eigenvalue weighted by Gasteiger charge is -2.38. The van der Waals surface area contributed by atoms with E-state index in [9.17, 15) is 19.2 Å². The fourth-order valence-electron chi connectivity index (χ4n) is 4.94. The molecule has 1 spiro atoms. The first kappa shape index (κ1) is 20.6. The van der Waals surface area contributed by atoms with E-state index in [1.54, 1.807) is 4.90 Å². The topological polar surface area (TPSA) is 96.0 Å². The van der Waals surface area contributed by atoms with Gasteiger partial charge >= 0.3 is 12.0 Å².